The van der Waals surface area contributed by atoms with E-state index in [0.717, 1.165) is 0 Å². The molecular weight excluding hydrogens is 242 g/mol. The lowest BCUT2D eigenvalue weighted by molar-refractivity contribution is -0.140. The molecule has 1 aliphatic rings. The second-order valence-electron chi connectivity index (χ2n) is 4.09. The zero-order valence-corrected chi connectivity index (χ0v) is 10.1. The number of hydrogen-bond acceptors (Lipinski definition) is 3. The van der Waals surface area contributed by atoms with Crippen LogP contribution in [0.3, 0.4) is 0 Å². The second kappa shape index (κ2) is 5.38. The van der Waals surface area contributed by atoms with E-state index in [9.17, 15) is 4.79 Å². The van der Waals surface area contributed by atoms with Gasteiger partial charge < -0.3 is 14.7 Å². The molecule has 1 aliphatic heterocycles. The van der Waals surface area contributed by atoms with Gasteiger partial charge in [-0.05, 0) is 18.2 Å². The van der Waals surface area contributed by atoms with E-state index in [2.05, 4.69) is 0 Å². The van der Waals surface area contributed by atoms with Crippen molar-refractivity contribution in [2.45, 2.75) is 0 Å². The van der Waals surface area contributed by atoms with Crippen LogP contribution in [0.4, 0.5) is 0 Å². The molecule has 0 unspecified atom stereocenters. The van der Waals surface area contributed by atoms with Gasteiger partial charge in [-0.15, -0.1) is 0 Å². The van der Waals surface area contributed by atoms with Gasteiger partial charge in [0.25, 0.3) is 5.91 Å². The number of benzene rings is 1. The summed E-state index contributed by atoms with van der Waals surface area (Å²) in [4.78, 5) is 13.3. The maximum atomic E-state index is 11.6. The third kappa shape index (κ3) is 3.11. The van der Waals surface area contributed by atoms with E-state index in [1.807, 2.05) is 0 Å². The average molecular weight is 256 g/mol. The summed E-state index contributed by atoms with van der Waals surface area (Å²) >= 11 is 5.80. The highest BCUT2D eigenvalue weighted by Crippen LogP contribution is 2.18. The van der Waals surface area contributed by atoms with Crippen molar-refractivity contribution in [3.8, 4) is 5.75 Å². The monoisotopic (exact) mass is 255 g/mol. The average Bonchev–Trinajstić information content (AvgIpc) is 2.25. The number of halogens is 1. The molecule has 1 N–H and O–H groups in total. The highest BCUT2D eigenvalue weighted by Gasteiger charge is 2.29. The summed E-state index contributed by atoms with van der Waals surface area (Å²) in [7, 11) is 0. The molecule has 92 valence electrons. The largest absolute Gasteiger partial charge is 0.484 e. The van der Waals surface area contributed by atoms with Crippen LogP contribution in [0.15, 0.2) is 24.3 Å². The minimum Gasteiger partial charge on any atom is -0.484 e. The maximum Gasteiger partial charge on any atom is 0.260 e. The highest BCUT2D eigenvalue weighted by molar-refractivity contribution is 6.30. The minimum absolute atomic E-state index is 0.0124. The molecule has 0 bridgehead atoms. The summed E-state index contributed by atoms with van der Waals surface area (Å²) in [6, 6.07) is 6.94. The number of aliphatic hydroxyl groups is 1. The number of amides is 1. The number of ether oxygens (including phenoxy) is 1. The molecule has 0 atom stereocenters. The standard InChI is InChI=1S/C12H14ClNO3/c13-10-2-1-3-11(4-10)17-8-12(16)14-5-9(6-14)7-15/h1-4,9,15H,5-8H2. The lowest BCUT2D eigenvalue weighted by Crippen LogP contribution is -2.52. The molecule has 5 heteroatoms. The summed E-state index contributed by atoms with van der Waals surface area (Å²) in [5.41, 5.74) is 0. The Morgan fingerprint density at radius 1 is 1.53 bits per heavy atom. The summed E-state index contributed by atoms with van der Waals surface area (Å²) in [5, 5.41) is 9.42. The van der Waals surface area contributed by atoms with Crippen molar-refractivity contribution < 1.29 is 14.6 Å². The normalized spacial score (nSPS) is 15.5. The third-order valence-corrected chi connectivity index (χ3v) is 2.96. The fraction of sp³-hybridized carbons (Fsp3) is 0.417. The Kier molecular flexibility index (Phi) is 3.86. The summed E-state index contributed by atoms with van der Waals surface area (Å²) in [6.45, 7) is 1.39. The number of likely N-dealkylation sites (tertiary alicyclic amines) is 1. The van der Waals surface area contributed by atoms with E-state index >= 15 is 0 Å². The molecule has 1 aromatic rings. The van der Waals surface area contributed by atoms with Crippen LogP contribution in [-0.4, -0.2) is 42.2 Å². The Bertz CT molecular complexity index is 404. The quantitative estimate of drug-likeness (QED) is 0.879. The fourth-order valence-electron chi connectivity index (χ4n) is 1.68. The van der Waals surface area contributed by atoms with Crippen LogP contribution in [0.5, 0.6) is 5.75 Å². The van der Waals surface area contributed by atoms with Crippen LogP contribution in [0.25, 0.3) is 0 Å². The Hall–Kier alpha value is -1.26. The van der Waals surface area contributed by atoms with Gasteiger partial charge in [-0.3, -0.25) is 4.79 Å². The van der Waals surface area contributed by atoms with Gasteiger partial charge in [-0.2, -0.15) is 0 Å². The van der Waals surface area contributed by atoms with Crippen molar-refractivity contribution in [2.75, 3.05) is 26.3 Å². The first-order valence-corrected chi connectivity index (χ1v) is 5.84. The van der Waals surface area contributed by atoms with Crippen LogP contribution >= 0.6 is 11.6 Å². The smallest absolute Gasteiger partial charge is 0.260 e. The van der Waals surface area contributed by atoms with Crippen molar-refractivity contribution in [1.29, 1.82) is 0 Å². The molecule has 0 saturated carbocycles. The number of aliphatic hydroxyl groups excluding tert-OH is 1. The summed E-state index contributed by atoms with van der Waals surface area (Å²) in [5.74, 6) is 0.755. The first-order valence-electron chi connectivity index (χ1n) is 5.46. The van der Waals surface area contributed by atoms with Gasteiger partial charge >= 0.3 is 0 Å². The van der Waals surface area contributed by atoms with Gasteiger partial charge in [-0.1, -0.05) is 17.7 Å². The van der Waals surface area contributed by atoms with Crippen molar-refractivity contribution in [2.24, 2.45) is 5.92 Å². The zero-order chi connectivity index (χ0) is 12.3. The lowest BCUT2D eigenvalue weighted by atomic mass is 10.0. The Labute approximate surface area is 105 Å². The first kappa shape index (κ1) is 12.2. The molecule has 1 heterocycles. The molecule has 0 radical (unpaired) electrons. The summed E-state index contributed by atoms with van der Waals surface area (Å²) in [6.07, 6.45) is 0. The van der Waals surface area contributed by atoms with Crippen molar-refractivity contribution >= 4 is 17.5 Å². The molecule has 4 nitrogen and oxygen atoms in total. The van der Waals surface area contributed by atoms with Gasteiger partial charge in [0.1, 0.15) is 5.75 Å². The molecule has 17 heavy (non-hydrogen) atoms. The molecule has 2 rings (SSSR count). The number of carbonyl (C=O) groups excluding carboxylic acids is 1. The van der Waals surface area contributed by atoms with E-state index in [0.29, 0.717) is 23.9 Å². The van der Waals surface area contributed by atoms with Crippen molar-refractivity contribution in [3.63, 3.8) is 0 Å². The Balaban J connectivity index is 1.77. The van der Waals surface area contributed by atoms with E-state index in [4.69, 9.17) is 21.4 Å². The predicted molar refractivity (Wildman–Crippen MR) is 64.1 cm³/mol. The topological polar surface area (TPSA) is 49.8 Å². The van der Waals surface area contributed by atoms with Gasteiger partial charge in [0.05, 0.1) is 0 Å². The molecule has 1 aromatic carbocycles. The van der Waals surface area contributed by atoms with Gasteiger partial charge in [0, 0.05) is 30.6 Å². The van der Waals surface area contributed by atoms with Crippen LogP contribution in [0.1, 0.15) is 0 Å². The molecule has 1 fully saturated rings. The van der Waals surface area contributed by atoms with Gasteiger partial charge in [0.2, 0.25) is 0 Å². The Morgan fingerprint density at radius 2 is 2.29 bits per heavy atom. The van der Waals surface area contributed by atoms with Crippen LogP contribution in [-0.2, 0) is 4.79 Å². The van der Waals surface area contributed by atoms with Crippen LogP contribution in [0, 0.1) is 5.92 Å². The lowest BCUT2D eigenvalue weighted by Gasteiger charge is -2.38. The molecule has 0 aliphatic carbocycles. The van der Waals surface area contributed by atoms with Crippen molar-refractivity contribution in [3.05, 3.63) is 29.3 Å². The number of hydrogen-bond donors (Lipinski definition) is 1. The van der Waals surface area contributed by atoms with E-state index in [-0.39, 0.29) is 25.0 Å². The third-order valence-electron chi connectivity index (χ3n) is 2.73. The van der Waals surface area contributed by atoms with Gasteiger partial charge in [-0.25, -0.2) is 0 Å². The Morgan fingerprint density at radius 3 is 2.94 bits per heavy atom. The van der Waals surface area contributed by atoms with E-state index in [1.165, 1.54) is 0 Å². The SMILES string of the molecule is O=C(COc1cccc(Cl)c1)N1CC(CO)C1. The molecule has 0 aromatic heterocycles. The van der Waals surface area contributed by atoms with Crippen LogP contribution in [0.2, 0.25) is 5.02 Å². The number of carbonyl (C=O) groups is 1. The number of nitrogens with zero attached hydrogens (tertiary/aromatic N) is 1. The first-order chi connectivity index (χ1) is 8.19. The number of rotatable bonds is 4. The predicted octanol–water partition coefficient (Wildman–Crippen LogP) is 1.17. The molecule has 1 amide bonds. The second-order valence-corrected chi connectivity index (χ2v) is 4.53. The zero-order valence-electron chi connectivity index (χ0n) is 9.30. The van der Waals surface area contributed by atoms with Gasteiger partial charge in [0.15, 0.2) is 6.61 Å². The fourth-order valence-corrected chi connectivity index (χ4v) is 1.86. The minimum atomic E-state index is -0.0605. The van der Waals surface area contributed by atoms with Crippen molar-refractivity contribution in [1.82, 2.24) is 4.90 Å². The molecule has 0 spiro atoms. The van der Waals surface area contributed by atoms with E-state index < -0.39 is 0 Å². The van der Waals surface area contributed by atoms with Crippen LogP contribution < -0.4 is 4.74 Å². The highest BCUT2D eigenvalue weighted by atomic mass is 35.5. The molecular formula is C12H14ClNO3. The summed E-state index contributed by atoms with van der Waals surface area (Å²) < 4.78 is 5.34. The molecule has 1 saturated heterocycles. The maximum absolute atomic E-state index is 11.6. The van der Waals surface area contributed by atoms with E-state index in [1.54, 1.807) is 29.2 Å².